The van der Waals surface area contributed by atoms with Crippen molar-refractivity contribution in [3.05, 3.63) is 106 Å². The number of nitrogens with zero attached hydrogens (tertiary/aromatic N) is 1. The molecule has 42 heavy (non-hydrogen) atoms. The molecule has 2 fully saturated rings. The maximum atomic E-state index is 16.7. The summed E-state index contributed by atoms with van der Waals surface area (Å²) in [5.41, 5.74) is 2.25. The van der Waals surface area contributed by atoms with Gasteiger partial charge in [0, 0.05) is 22.1 Å². The van der Waals surface area contributed by atoms with Gasteiger partial charge in [-0.05, 0) is 79.5 Å². The Morgan fingerprint density at radius 1 is 0.833 bits per heavy atom. The molecule has 5 heteroatoms. The maximum Gasteiger partial charge on any atom is 0.162 e. The molecular formula is C37H45F3IN. The predicted molar refractivity (Wildman–Crippen MR) is 178 cm³/mol. The molecular weight excluding hydrogens is 642 g/mol. The van der Waals surface area contributed by atoms with Crippen LogP contribution in [0.3, 0.4) is 0 Å². The first kappa shape index (κ1) is 31.4. The molecule has 226 valence electrons. The number of rotatable bonds is 12. The van der Waals surface area contributed by atoms with E-state index in [0.29, 0.717) is 39.4 Å². The molecule has 2 unspecified atom stereocenters. The van der Waals surface area contributed by atoms with Crippen molar-refractivity contribution in [1.82, 2.24) is 4.90 Å². The molecule has 0 N–H and O–H groups in total. The zero-order chi connectivity index (χ0) is 29.7. The molecule has 0 aliphatic heterocycles. The van der Waals surface area contributed by atoms with Crippen molar-refractivity contribution < 1.29 is 13.2 Å². The topological polar surface area (TPSA) is 3.24 Å². The Labute approximate surface area is 260 Å². The Kier molecular flexibility index (Phi) is 10.6. The average Bonchev–Trinajstić information content (AvgIpc) is 2.99. The van der Waals surface area contributed by atoms with E-state index in [1.165, 1.54) is 24.5 Å². The van der Waals surface area contributed by atoms with Crippen molar-refractivity contribution in [3.63, 3.8) is 0 Å². The van der Waals surface area contributed by atoms with Gasteiger partial charge in [0.1, 0.15) is 5.82 Å². The van der Waals surface area contributed by atoms with Crippen LogP contribution in [0.15, 0.2) is 66.7 Å². The first-order valence-electron chi connectivity index (χ1n) is 15.8. The molecule has 0 amide bonds. The molecule has 0 radical (unpaired) electrons. The van der Waals surface area contributed by atoms with Crippen LogP contribution in [0, 0.1) is 23.4 Å². The number of benzene rings is 3. The molecule has 0 bridgehead atoms. The number of halogens is 4. The van der Waals surface area contributed by atoms with Gasteiger partial charge in [-0.1, -0.05) is 98.3 Å². The minimum Gasteiger partial charge on any atom is -0.287 e. The Morgan fingerprint density at radius 3 is 2.21 bits per heavy atom. The summed E-state index contributed by atoms with van der Waals surface area (Å²) in [5, 5.41) is 0. The smallest absolute Gasteiger partial charge is 0.162 e. The van der Waals surface area contributed by atoms with Gasteiger partial charge in [-0.2, -0.15) is 0 Å². The van der Waals surface area contributed by atoms with E-state index in [0.717, 1.165) is 38.5 Å². The average molecular weight is 688 g/mol. The van der Waals surface area contributed by atoms with Gasteiger partial charge in [-0.3, -0.25) is 4.90 Å². The van der Waals surface area contributed by atoms with Gasteiger partial charge >= 0.3 is 0 Å². The summed E-state index contributed by atoms with van der Waals surface area (Å²) >= 11 is -0.394. The first-order chi connectivity index (χ1) is 20.4. The van der Waals surface area contributed by atoms with Crippen molar-refractivity contribution in [2.75, 3.05) is 0 Å². The van der Waals surface area contributed by atoms with Crippen molar-refractivity contribution in [3.8, 4) is 0 Å². The Morgan fingerprint density at radius 2 is 1.55 bits per heavy atom. The molecule has 2 aliphatic carbocycles. The van der Waals surface area contributed by atoms with E-state index in [1.807, 2.05) is 18.2 Å². The van der Waals surface area contributed by atoms with E-state index in [-0.39, 0.29) is 24.3 Å². The highest BCUT2D eigenvalue weighted by Crippen LogP contribution is 2.50. The summed E-state index contributed by atoms with van der Waals surface area (Å²) < 4.78 is 51.6. The SMILES string of the molecule is C=ICc1cccc([C@](CC)(Cc2cccc(F)c2F)N(C2CCC2)[C@@H](CC)C2CCCCC2c2ccccc2)c1F. The van der Waals surface area contributed by atoms with Crippen LogP contribution in [0.4, 0.5) is 13.2 Å². The van der Waals surface area contributed by atoms with Crippen LogP contribution in [-0.4, -0.2) is 21.5 Å². The largest absolute Gasteiger partial charge is 0.287 e. The van der Waals surface area contributed by atoms with Gasteiger partial charge < -0.3 is 0 Å². The summed E-state index contributed by atoms with van der Waals surface area (Å²) in [6.45, 7) is 4.39. The van der Waals surface area contributed by atoms with Crippen LogP contribution in [0.25, 0.3) is 0 Å². The van der Waals surface area contributed by atoms with Crippen molar-refractivity contribution in [2.24, 2.45) is 5.92 Å². The van der Waals surface area contributed by atoms with Gasteiger partial charge in [0.15, 0.2) is 11.6 Å². The molecule has 0 spiro atoms. The first-order valence-corrected chi connectivity index (χ1v) is 18.9. The zero-order valence-electron chi connectivity index (χ0n) is 25.1. The summed E-state index contributed by atoms with van der Waals surface area (Å²) in [6.07, 6.45) is 9.72. The van der Waals surface area contributed by atoms with Crippen LogP contribution in [-0.2, 0) is 16.4 Å². The third-order valence-corrected chi connectivity index (χ3v) is 11.6. The lowest BCUT2D eigenvalue weighted by Gasteiger charge is -2.57. The monoisotopic (exact) mass is 687 g/mol. The molecule has 1 nitrogen and oxygen atoms in total. The zero-order valence-corrected chi connectivity index (χ0v) is 27.3. The van der Waals surface area contributed by atoms with Crippen LogP contribution in [0.5, 0.6) is 0 Å². The third kappa shape index (κ3) is 6.15. The lowest BCUT2D eigenvalue weighted by Crippen LogP contribution is -2.61. The molecule has 4 atom stereocenters. The van der Waals surface area contributed by atoms with Gasteiger partial charge in [0.2, 0.25) is 0 Å². The molecule has 0 saturated heterocycles. The normalized spacial score (nSPS) is 21.6. The second kappa shape index (κ2) is 14.2. The van der Waals surface area contributed by atoms with Crippen molar-refractivity contribution in [2.45, 2.75) is 106 Å². The van der Waals surface area contributed by atoms with E-state index in [9.17, 15) is 4.39 Å². The quantitative estimate of drug-likeness (QED) is 0.135. The fourth-order valence-electron chi connectivity index (χ4n) is 8.01. The molecule has 3 aromatic rings. The van der Waals surface area contributed by atoms with Gasteiger partial charge in [0.05, 0.1) is 5.54 Å². The van der Waals surface area contributed by atoms with Crippen LogP contribution < -0.4 is 0 Å². The van der Waals surface area contributed by atoms with Crippen molar-refractivity contribution in [1.29, 1.82) is 0 Å². The molecule has 0 heterocycles. The van der Waals surface area contributed by atoms with Crippen LogP contribution >= 0.6 is 20.7 Å². The molecule has 0 aromatic heterocycles. The van der Waals surface area contributed by atoms with Crippen molar-refractivity contribution >= 4 is 25.2 Å². The minimum absolute atomic E-state index is 0.179. The summed E-state index contributed by atoms with van der Waals surface area (Å²) in [5.74, 6) is -0.988. The van der Waals surface area contributed by atoms with Crippen LogP contribution in [0.2, 0.25) is 0 Å². The lowest BCUT2D eigenvalue weighted by atomic mass is 9.67. The van der Waals surface area contributed by atoms with Crippen LogP contribution in [0.1, 0.15) is 99.8 Å². The maximum absolute atomic E-state index is 16.7. The number of hydrogen-bond acceptors (Lipinski definition) is 1. The minimum atomic E-state index is -0.841. The fourth-order valence-corrected chi connectivity index (χ4v) is 9.18. The lowest BCUT2D eigenvalue weighted by molar-refractivity contribution is -0.0673. The highest BCUT2D eigenvalue weighted by molar-refractivity contribution is 14.2. The van der Waals surface area contributed by atoms with Gasteiger partial charge in [0.25, 0.3) is 0 Å². The second-order valence-corrected chi connectivity index (χ2v) is 14.2. The Balaban J connectivity index is 1.71. The third-order valence-electron chi connectivity index (χ3n) is 10.2. The summed E-state index contributed by atoms with van der Waals surface area (Å²) in [4.78, 5) is 2.65. The van der Waals surface area contributed by atoms with E-state index >= 15 is 8.78 Å². The molecule has 3 aromatic carbocycles. The van der Waals surface area contributed by atoms with Gasteiger partial charge in [-0.25, -0.2) is 13.2 Å². The standard InChI is InChI=1S/C37H45F3IN/c1-4-34(31-21-10-9-20-30(31)26-14-7-6-8-15-26)42(29-18-13-19-29)37(5-2,24-27-16-12-23-33(38)36(27)40)32-22-11-17-28(25-41-3)35(32)39/h6-8,11-12,14-17,22-23,29-31,34H,3-5,9-10,13,18-21,24-25H2,1-2H3/t30?,31?,34-,37-/m0/s1. The van der Waals surface area contributed by atoms with E-state index in [1.54, 1.807) is 12.1 Å². The predicted octanol–water partition coefficient (Wildman–Crippen LogP) is 10.5. The van der Waals surface area contributed by atoms with E-state index in [2.05, 4.69) is 53.6 Å². The fraction of sp³-hybridized carbons (Fsp3) is 0.486. The van der Waals surface area contributed by atoms with Gasteiger partial charge in [-0.15, -0.1) is 20.7 Å². The van der Waals surface area contributed by atoms with E-state index < -0.39 is 37.9 Å². The highest BCUT2D eigenvalue weighted by atomic mass is 127. The molecule has 2 saturated carbocycles. The number of alkyl halides is 1. The Bertz CT molecular complexity index is 1340. The summed E-state index contributed by atoms with van der Waals surface area (Å²) in [6, 6.07) is 21.6. The van der Waals surface area contributed by atoms with E-state index in [4.69, 9.17) is 0 Å². The molecule has 2 aliphatic rings. The number of hydrogen-bond donors (Lipinski definition) is 0. The summed E-state index contributed by atoms with van der Waals surface area (Å²) in [7, 11) is 0. The second-order valence-electron chi connectivity index (χ2n) is 12.3. The molecule has 5 rings (SSSR count). The highest BCUT2D eigenvalue weighted by Gasteiger charge is 2.50. The Hall–Kier alpha value is -1.99.